The lowest BCUT2D eigenvalue weighted by molar-refractivity contribution is -0.131. The molecule has 0 fully saturated rings. The first-order valence-electron chi connectivity index (χ1n) is 6.15. The standard InChI is InChI=1S/C12H20N4O4/c1-3-16(4-2)12(20)10(8(18)6-14)9(11(15)19)7(17)5-13/h3-6,13-14H2,1-2H3,(H2,15,19). The molecule has 0 aromatic rings. The number of nitrogens with zero attached hydrogens (tertiary/aromatic N) is 1. The number of hydrogen-bond donors (Lipinski definition) is 3. The van der Waals surface area contributed by atoms with E-state index in [1.807, 2.05) is 0 Å². The van der Waals surface area contributed by atoms with Crippen LogP contribution in [0.4, 0.5) is 0 Å². The van der Waals surface area contributed by atoms with Crippen LogP contribution < -0.4 is 17.2 Å². The lowest BCUT2D eigenvalue weighted by Gasteiger charge is -2.21. The van der Waals surface area contributed by atoms with Crippen LogP contribution in [0.25, 0.3) is 0 Å². The van der Waals surface area contributed by atoms with Crippen LogP contribution in [0.1, 0.15) is 13.8 Å². The van der Waals surface area contributed by atoms with E-state index in [1.54, 1.807) is 13.8 Å². The van der Waals surface area contributed by atoms with Crippen molar-refractivity contribution >= 4 is 23.4 Å². The number of Topliss-reactive ketones (excluding diaryl/α,β-unsaturated/α-hetero) is 2. The predicted octanol–water partition coefficient (Wildman–Crippen LogP) is -2.31. The van der Waals surface area contributed by atoms with Gasteiger partial charge in [-0.2, -0.15) is 0 Å². The third-order valence-electron chi connectivity index (χ3n) is 2.69. The van der Waals surface area contributed by atoms with Crippen molar-refractivity contribution < 1.29 is 19.2 Å². The number of nitrogens with two attached hydrogens (primary N) is 3. The molecule has 0 atom stereocenters. The highest BCUT2D eigenvalue weighted by atomic mass is 16.2. The van der Waals surface area contributed by atoms with Crippen molar-refractivity contribution in [3.05, 3.63) is 11.1 Å². The van der Waals surface area contributed by atoms with Crippen LogP contribution in [-0.4, -0.2) is 54.5 Å². The van der Waals surface area contributed by atoms with E-state index in [1.165, 1.54) is 4.90 Å². The molecule has 2 amide bonds. The molecule has 0 spiro atoms. The van der Waals surface area contributed by atoms with Crippen LogP contribution in [0, 0.1) is 0 Å². The third kappa shape index (κ3) is 3.97. The lowest BCUT2D eigenvalue weighted by Crippen LogP contribution is -2.40. The summed E-state index contributed by atoms with van der Waals surface area (Å²) >= 11 is 0. The van der Waals surface area contributed by atoms with Gasteiger partial charge in [0.05, 0.1) is 18.7 Å². The maximum Gasteiger partial charge on any atom is 0.258 e. The van der Waals surface area contributed by atoms with Crippen molar-refractivity contribution in [3.8, 4) is 0 Å². The minimum absolute atomic E-state index is 0.305. The smallest absolute Gasteiger partial charge is 0.258 e. The average molecular weight is 284 g/mol. The van der Waals surface area contributed by atoms with Gasteiger partial charge in [-0.05, 0) is 13.8 Å². The molecule has 0 rings (SSSR count). The van der Waals surface area contributed by atoms with Crippen molar-refractivity contribution in [1.82, 2.24) is 4.90 Å². The Kier molecular flexibility index (Phi) is 7.34. The quantitative estimate of drug-likeness (QED) is 0.259. The van der Waals surface area contributed by atoms with E-state index in [2.05, 4.69) is 0 Å². The van der Waals surface area contributed by atoms with Crippen molar-refractivity contribution in [2.24, 2.45) is 17.2 Å². The largest absolute Gasteiger partial charge is 0.365 e. The Morgan fingerprint density at radius 1 is 0.850 bits per heavy atom. The second-order valence-electron chi connectivity index (χ2n) is 3.85. The molecular weight excluding hydrogens is 264 g/mol. The molecule has 0 radical (unpaired) electrons. The molecule has 0 aliphatic carbocycles. The first kappa shape index (κ1) is 17.9. The number of amides is 2. The summed E-state index contributed by atoms with van der Waals surface area (Å²) in [4.78, 5) is 48.4. The van der Waals surface area contributed by atoms with Crippen molar-refractivity contribution in [2.75, 3.05) is 26.2 Å². The lowest BCUT2D eigenvalue weighted by atomic mass is 9.98. The van der Waals surface area contributed by atoms with Crippen LogP contribution in [0.5, 0.6) is 0 Å². The van der Waals surface area contributed by atoms with Gasteiger partial charge in [0.15, 0.2) is 11.6 Å². The fourth-order valence-electron chi connectivity index (χ4n) is 1.64. The molecule has 8 heteroatoms. The summed E-state index contributed by atoms with van der Waals surface area (Å²) in [7, 11) is 0. The van der Waals surface area contributed by atoms with Gasteiger partial charge in [-0.3, -0.25) is 19.2 Å². The maximum absolute atomic E-state index is 12.3. The third-order valence-corrected chi connectivity index (χ3v) is 2.69. The Morgan fingerprint density at radius 2 is 1.25 bits per heavy atom. The molecule has 0 aromatic heterocycles. The summed E-state index contributed by atoms with van der Waals surface area (Å²) in [5.74, 6) is -3.61. The fraction of sp³-hybridized carbons (Fsp3) is 0.500. The molecule has 0 aliphatic rings. The Balaban J connectivity index is 6.10. The predicted molar refractivity (Wildman–Crippen MR) is 72.3 cm³/mol. The zero-order chi connectivity index (χ0) is 15.9. The van der Waals surface area contributed by atoms with Crippen molar-refractivity contribution in [3.63, 3.8) is 0 Å². The molecular formula is C12H20N4O4. The summed E-state index contributed by atoms with van der Waals surface area (Å²) in [6.45, 7) is 2.95. The number of ketones is 2. The Bertz CT molecular complexity index is 452. The molecule has 112 valence electrons. The van der Waals surface area contributed by atoms with Gasteiger partial charge in [0.2, 0.25) is 0 Å². The molecule has 6 N–H and O–H groups in total. The van der Waals surface area contributed by atoms with Crippen molar-refractivity contribution in [1.29, 1.82) is 0 Å². The highest BCUT2D eigenvalue weighted by Crippen LogP contribution is 2.11. The molecule has 0 bridgehead atoms. The Hall–Kier alpha value is -2.06. The van der Waals surface area contributed by atoms with Gasteiger partial charge in [0, 0.05) is 13.1 Å². The second kappa shape index (κ2) is 8.18. The van der Waals surface area contributed by atoms with E-state index in [0.717, 1.165) is 0 Å². The van der Waals surface area contributed by atoms with E-state index in [4.69, 9.17) is 17.2 Å². The number of rotatable bonds is 8. The average Bonchev–Trinajstić information content (AvgIpc) is 2.43. The van der Waals surface area contributed by atoms with Crippen LogP contribution in [0.2, 0.25) is 0 Å². The Labute approximate surface area is 116 Å². The fourth-order valence-corrected chi connectivity index (χ4v) is 1.64. The molecule has 0 aliphatic heterocycles. The number of likely N-dealkylation sites (N-methyl/N-ethyl adjacent to an activating group) is 1. The second-order valence-corrected chi connectivity index (χ2v) is 3.85. The van der Waals surface area contributed by atoms with Crippen LogP contribution >= 0.6 is 0 Å². The zero-order valence-electron chi connectivity index (χ0n) is 11.6. The Morgan fingerprint density at radius 3 is 1.55 bits per heavy atom. The summed E-state index contributed by atoms with van der Waals surface area (Å²) in [5, 5.41) is 0. The first-order chi connectivity index (χ1) is 9.35. The monoisotopic (exact) mass is 284 g/mol. The van der Waals surface area contributed by atoms with E-state index in [-0.39, 0.29) is 0 Å². The van der Waals surface area contributed by atoms with Gasteiger partial charge in [-0.15, -0.1) is 0 Å². The highest BCUT2D eigenvalue weighted by molar-refractivity contribution is 6.32. The summed E-state index contributed by atoms with van der Waals surface area (Å²) in [5.41, 5.74) is 14.2. The number of hydrogen-bond acceptors (Lipinski definition) is 6. The van der Waals surface area contributed by atoms with E-state index >= 15 is 0 Å². The number of carbonyl (C=O) groups is 4. The highest BCUT2D eigenvalue weighted by Gasteiger charge is 2.30. The topological polar surface area (TPSA) is 150 Å². The van der Waals surface area contributed by atoms with E-state index in [9.17, 15) is 19.2 Å². The van der Waals surface area contributed by atoms with Gasteiger partial charge >= 0.3 is 0 Å². The maximum atomic E-state index is 12.3. The molecule has 20 heavy (non-hydrogen) atoms. The van der Waals surface area contributed by atoms with Gasteiger partial charge in [0.25, 0.3) is 11.8 Å². The van der Waals surface area contributed by atoms with Crippen molar-refractivity contribution in [2.45, 2.75) is 13.8 Å². The summed E-state index contributed by atoms with van der Waals surface area (Å²) in [6.07, 6.45) is 0. The van der Waals surface area contributed by atoms with Crippen LogP contribution in [0.3, 0.4) is 0 Å². The van der Waals surface area contributed by atoms with E-state index in [0.29, 0.717) is 13.1 Å². The molecule has 0 saturated carbocycles. The SMILES string of the molecule is CCN(CC)C(=O)C(C(=O)CN)=C(C(N)=O)C(=O)CN. The number of carbonyl (C=O) groups excluding carboxylic acids is 4. The molecule has 8 nitrogen and oxygen atoms in total. The van der Waals surface area contributed by atoms with Gasteiger partial charge in [-0.1, -0.05) is 0 Å². The minimum Gasteiger partial charge on any atom is -0.365 e. The van der Waals surface area contributed by atoms with E-state index < -0.39 is 47.6 Å². The molecule has 0 saturated heterocycles. The summed E-state index contributed by atoms with van der Waals surface area (Å²) in [6, 6.07) is 0. The normalized spacial score (nSPS) is 11.6. The minimum atomic E-state index is -1.17. The molecule has 0 heterocycles. The van der Waals surface area contributed by atoms with Gasteiger partial charge < -0.3 is 22.1 Å². The first-order valence-corrected chi connectivity index (χ1v) is 6.15. The molecule has 0 unspecified atom stereocenters. The zero-order valence-corrected chi connectivity index (χ0v) is 11.6. The number of primary amides is 1. The molecule has 0 aromatic carbocycles. The summed E-state index contributed by atoms with van der Waals surface area (Å²) < 4.78 is 0. The van der Waals surface area contributed by atoms with Crippen LogP contribution in [-0.2, 0) is 19.2 Å². The van der Waals surface area contributed by atoms with Gasteiger partial charge in [-0.25, -0.2) is 0 Å². The van der Waals surface area contributed by atoms with Gasteiger partial charge in [0.1, 0.15) is 5.57 Å². The van der Waals surface area contributed by atoms with Crippen LogP contribution in [0.15, 0.2) is 11.1 Å².